The number of aromatic nitrogens is 2. The van der Waals surface area contributed by atoms with Gasteiger partial charge in [-0.3, -0.25) is 0 Å². The van der Waals surface area contributed by atoms with Gasteiger partial charge < -0.3 is 15.5 Å². The number of anilines is 2. The monoisotopic (exact) mass is 365 g/mol. The summed E-state index contributed by atoms with van der Waals surface area (Å²) in [6.45, 7) is 2.12. The van der Waals surface area contributed by atoms with E-state index in [-0.39, 0.29) is 6.03 Å². The molecule has 27 heavy (non-hydrogen) atoms. The van der Waals surface area contributed by atoms with Crippen LogP contribution in [0.2, 0.25) is 0 Å². The molecule has 6 nitrogen and oxygen atoms in total. The summed E-state index contributed by atoms with van der Waals surface area (Å²) in [4.78, 5) is 14.5. The van der Waals surface area contributed by atoms with Crippen LogP contribution in [0.1, 0.15) is 44.9 Å². The van der Waals surface area contributed by atoms with Crippen molar-refractivity contribution in [2.24, 2.45) is 0 Å². The predicted molar refractivity (Wildman–Crippen MR) is 108 cm³/mol. The summed E-state index contributed by atoms with van der Waals surface area (Å²) in [7, 11) is 0. The molecule has 1 aromatic carbocycles. The Kier molecular flexibility index (Phi) is 5.51. The molecule has 6 heteroatoms. The first kappa shape index (κ1) is 17.8. The van der Waals surface area contributed by atoms with Gasteiger partial charge in [0.05, 0.1) is 5.69 Å². The molecule has 0 unspecified atom stereocenters. The van der Waals surface area contributed by atoms with Crippen molar-refractivity contribution < 1.29 is 4.79 Å². The number of benzene rings is 1. The summed E-state index contributed by atoms with van der Waals surface area (Å²) < 4.78 is 0. The van der Waals surface area contributed by atoms with Crippen molar-refractivity contribution in [3.05, 3.63) is 36.4 Å². The number of rotatable bonds is 4. The minimum Gasteiger partial charge on any atom is -0.355 e. The maximum absolute atomic E-state index is 12.2. The first-order valence-corrected chi connectivity index (χ1v) is 10.0. The van der Waals surface area contributed by atoms with Crippen molar-refractivity contribution in [1.82, 2.24) is 15.5 Å². The van der Waals surface area contributed by atoms with Gasteiger partial charge in [-0.05, 0) is 56.4 Å². The number of nitrogens with zero attached hydrogens (tertiary/aromatic N) is 3. The quantitative estimate of drug-likeness (QED) is 0.852. The Morgan fingerprint density at radius 2 is 1.78 bits per heavy atom. The van der Waals surface area contributed by atoms with Crippen LogP contribution >= 0.6 is 0 Å². The Balaban J connectivity index is 1.41. The van der Waals surface area contributed by atoms with E-state index >= 15 is 0 Å². The molecule has 0 radical (unpaired) electrons. The minimum absolute atomic E-state index is 0.134. The zero-order chi connectivity index (χ0) is 18.5. The average Bonchev–Trinajstić information content (AvgIpc) is 3.22. The fraction of sp³-hybridized carbons (Fsp3) is 0.476. The molecule has 2 N–H and O–H groups in total. The highest BCUT2D eigenvalue weighted by Gasteiger charge is 2.17. The lowest BCUT2D eigenvalue weighted by molar-refractivity contribution is 0.248. The van der Waals surface area contributed by atoms with Gasteiger partial charge in [0.15, 0.2) is 5.82 Å². The van der Waals surface area contributed by atoms with Crippen LogP contribution in [0, 0.1) is 0 Å². The summed E-state index contributed by atoms with van der Waals surface area (Å²) in [6.07, 6.45) is 8.30. The van der Waals surface area contributed by atoms with Crippen LogP contribution in [-0.2, 0) is 0 Å². The van der Waals surface area contributed by atoms with Crippen molar-refractivity contribution >= 4 is 17.5 Å². The minimum atomic E-state index is -0.134. The predicted octanol–water partition coefficient (Wildman–Crippen LogP) is 4.20. The van der Waals surface area contributed by atoms with Crippen LogP contribution < -0.4 is 15.5 Å². The number of hydrogen-bond acceptors (Lipinski definition) is 4. The lowest BCUT2D eigenvalue weighted by atomic mass is 10.1. The number of nitrogens with one attached hydrogen (secondary N) is 2. The van der Waals surface area contributed by atoms with Gasteiger partial charge in [0, 0.05) is 30.4 Å². The normalized spacial score (nSPS) is 17.7. The lowest BCUT2D eigenvalue weighted by Crippen LogP contribution is -2.36. The van der Waals surface area contributed by atoms with E-state index in [1.54, 1.807) is 0 Å². The van der Waals surface area contributed by atoms with Gasteiger partial charge in [-0.1, -0.05) is 25.0 Å². The second-order valence-electron chi connectivity index (χ2n) is 7.49. The van der Waals surface area contributed by atoms with E-state index in [0.29, 0.717) is 6.04 Å². The van der Waals surface area contributed by atoms with Crippen LogP contribution in [-0.4, -0.2) is 35.4 Å². The Morgan fingerprint density at radius 3 is 2.52 bits per heavy atom. The molecule has 142 valence electrons. The standard InChI is InChI=1S/C21H27N5O/c27-21(22-17-8-2-3-9-17)23-18-10-6-7-16(15-18)19-11-12-20(25-24-19)26-13-4-1-5-14-26/h6-7,10-12,15,17H,1-5,8-9,13-14H2,(H2,22,23,27). The van der Waals surface area contributed by atoms with Crippen LogP contribution in [0.25, 0.3) is 11.3 Å². The zero-order valence-electron chi connectivity index (χ0n) is 15.7. The van der Waals surface area contributed by atoms with Crippen molar-refractivity contribution in [3.63, 3.8) is 0 Å². The first-order chi connectivity index (χ1) is 13.3. The molecule has 0 spiro atoms. The third-order valence-corrected chi connectivity index (χ3v) is 5.44. The Morgan fingerprint density at radius 1 is 0.963 bits per heavy atom. The highest BCUT2D eigenvalue weighted by Crippen LogP contribution is 2.23. The van der Waals surface area contributed by atoms with Crippen molar-refractivity contribution in [2.45, 2.75) is 51.0 Å². The van der Waals surface area contributed by atoms with E-state index in [1.165, 1.54) is 32.1 Å². The number of amides is 2. The fourth-order valence-corrected chi connectivity index (χ4v) is 3.95. The Hall–Kier alpha value is -2.63. The molecule has 1 saturated heterocycles. The molecule has 2 heterocycles. The zero-order valence-corrected chi connectivity index (χ0v) is 15.7. The van der Waals surface area contributed by atoms with Crippen LogP contribution in [0.5, 0.6) is 0 Å². The highest BCUT2D eigenvalue weighted by atomic mass is 16.2. The van der Waals surface area contributed by atoms with Gasteiger partial charge in [0.1, 0.15) is 0 Å². The molecule has 1 aromatic heterocycles. The first-order valence-electron chi connectivity index (χ1n) is 10.0. The van der Waals surface area contributed by atoms with E-state index in [1.807, 2.05) is 36.4 Å². The summed E-state index contributed by atoms with van der Waals surface area (Å²) >= 11 is 0. The van der Waals surface area contributed by atoms with E-state index < -0.39 is 0 Å². The van der Waals surface area contributed by atoms with E-state index in [0.717, 1.165) is 48.7 Å². The molecule has 1 aliphatic heterocycles. The number of piperidine rings is 1. The molecule has 1 aliphatic carbocycles. The second-order valence-corrected chi connectivity index (χ2v) is 7.49. The average molecular weight is 365 g/mol. The smallest absolute Gasteiger partial charge is 0.319 e. The largest absolute Gasteiger partial charge is 0.355 e. The van der Waals surface area contributed by atoms with Crippen LogP contribution in [0.3, 0.4) is 0 Å². The van der Waals surface area contributed by atoms with Gasteiger partial charge in [-0.15, -0.1) is 10.2 Å². The van der Waals surface area contributed by atoms with E-state index in [4.69, 9.17) is 0 Å². The second kappa shape index (κ2) is 8.37. The third-order valence-electron chi connectivity index (χ3n) is 5.44. The van der Waals surface area contributed by atoms with Gasteiger partial charge in [0.25, 0.3) is 0 Å². The van der Waals surface area contributed by atoms with E-state index in [2.05, 4.69) is 25.7 Å². The fourth-order valence-electron chi connectivity index (χ4n) is 3.95. The summed E-state index contributed by atoms with van der Waals surface area (Å²) in [5.41, 5.74) is 2.53. The van der Waals surface area contributed by atoms with Crippen LogP contribution in [0.15, 0.2) is 36.4 Å². The molecule has 0 bridgehead atoms. The summed E-state index contributed by atoms with van der Waals surface area (Å²) in [6, 6.07) is 12.0. The van der Waals surface area contributed by atoms with Crippen molar-refractivity contribution in [3.8, 4) is 11.3 Å². The van der Waals surface area contributed by atoms with E-state index in [9.17, 15) is 4.79 Å². The maximum atomic E-state index is 12.2. The molecule has 2 aliphatic rings. The lowest BCUT2D eigenvalue weighted by Gasteiger charge is -2.27. The van der Waals surface area contributed by atoms with Gasteiger partial charge in [-0.2, -0.15) is 0 Å². The number of carbonyl (C=O) groups excluding carboxylic acids is 1. The van der Waals surface area contributed by atoms with Gasteiger partial charge in [0.2, 0.25) is 0 Å². The van der Waals surface area contributed by atoms with Crippen molar-refractivity contribution in [2.75, 3.05) is 23.3 Å². The molecular formula is C21H27N5O. The van der Waals surface area contributed by atoms with Gasteiger partial charge >= 0.3 is 6.03 Å². The molecule has 2 aromatic rings. The number of hydrogen-bond donors (Lipinski definition) is 2. The molecule has 0 atom stereocenters. The van der Waals surface area contributed by atoms with Crippen LogP contribution in [0.4, 0.5) is 16.3 Å². The molecule has 2 amide bonds. The maximum Gasteiger partial charge on any atom is 0.319 e. The Bertz CT molecular complexity index is 764. The Labute approximate surface area is 160 Å². The van der Waals surface area contributed by atoms with Gasteiger partial charge in [-0.25, -0.2) is 4.79 Å². The third kappa shape index (κ3) is 4.56. The highest BCUT2D eigenvalue weighted by molar-refractivity contribution is 5.90. The number of carbonyl (C=O) groups is 1. The molecular weight excluding hydrogens is 338 g/mol. The molecule has 2 fully saturated rings. The number of urea groups is 1. The summed E-state index contributed by atoms with van der Waals surface area (Å²) in [5, 5.41) is 14.8. The molecule has 1 saturated carbocycles. The topological polar surface area (TPSA) is 70.2 Å². The summed E-state index contributed by atoms with van der Waals surface area (Å²) in [5.74, 6) is 0.948. The van der Waals surface area contributed by atoms with Crippen molar-refractivity contribution in [1.29, 1.82) is 0 Å². The molecule has 4 rings (SSSR count). The SMILES string of the molecule is O=C(Nc1cccc(-c2ccc(N3CCCCC3)nn2)c1)NC1CCCC1.